The Hall–Kier alpha value is -6.24. The highest BCUT2D eigenvalue weighted by Gasteiger charge is 2.16. The molecule has 0 heteroatoms. The molecule has 0 fully saturated rings. The summed E-state index contributed by atoms with van der Waals surface area (Å²) in [4.78, 5) is 0. The maximum absolute atomic E-state index is 2.36. The van der Waals surface area contributed by atoms with Gasteiger partial charge in [-0.2, -0.15) is 0 Å². The highest BCUT2D eigenvalue weighted by molar-refractivity contribution is 6.27. The van der Waals surface area contributed by atoms with Gasteiger partial charge in [-0.15, -0.1) is 0 Å². The van der Waals surface area contributed by atoms with Crippen molar-refractivity contribution in [2.45, 2.75) is 0 Å². The zero-order chi connectivity index (χ0) is 31.6. The lowest BCUT2D eigenvalue weighted by atomic mass is 9.86. The lowest BCUT2D eigenvalue weighted by Gasteiger charge is -2.17. The third kappa shape index (κ3) is 4.24. The van der Waals surface area contributed by atoms with Gasteiger partial charge < -0.3 is 0 Å². The second-order valence-corrected chi connectivity index (χ2v) is 12.9. The fourth-order valence-corrected chi connectivity index (χ4v) is 7.87. The Morgan fingerprint density at radius 3 is 1.35 bits per heavy atom. The van der Waals surface area contributed by atoms with Crippen molar-refractivity contribution in [2.24, 2.45) is 0 Å². The molecule has 0 aliphatic rings. The normalized spacial score (nSPS) is 11.8. The molecule has 0 nitrogen and oxygen atoms in total. The van der Waals surface area contributed by atoms with E-state index in [1.165, 1.54) is 98.4 Å². The van der Waals surface area contributed by atoms with Crippen LogP contribution in [0.15, 0.2) is 182 Å². The van der Waals surface area contributed by atoms with E-state index in [0.29, 0.717) is 0 Å². The molecule has 222 valence electrons. The molecule has 0 aromatic heterocycles. The first kappa shape index (κ1) is 26.9. The quantitative estimate of drug-likeness (QED) is 0.175. The minimum absolute atomic E-state index is 1.23. The monoisotopic (exact) mass is 606 g/mol. The molecule has 0 unspecified atom stereocenters. The van der Waals surface area contributed by atoms with Crippen molar-refractivity contribution in [1.29, 1.82) is 0 Å². The molecule has 0 radical (unpaired) electrons. The fraction of sp³-hybridized carbons (Fsp3) is 0. The van der Waals surface area contributed by atoms with Crippen LogP contribution in [0.5, 0.6) is 0 Å². The molecule has 10 rings (SSSR count). The molecular formula is C48H30. The molecule has 10 aromatic rings. The molecule has 48 heavy (non-hydrogen) atoms. The highest BCUT2D eigenvalue weighted by atomic mass is 14.2. The minimum Gasteiger partial charge on any atom is -0.0616 e. The summed E-state index contributed by atoms with van der Waals surface area (Å²) >= 11 is 0. The van der Waals surface area contributed by atoms with Gasteiger partial charge >= 0.3 is 0 Å². The van der Waals surface area contributed by atoms with Crippen molar-refractivity contribution in [1.82, 2.24) is 0 Å². The van der Waals surface area contributed by atoms with Gasteiger partial charge in [-0.25, -0.2) is 0 Å². The third-order valence-electron chi connectivity index (χ3n) is 10.2. The van der Waals surface area contributed by atoms with E-state index in [1.807, 2.05) is 0 Å². The number of fused-ring (bicyclic) bond motifs is 2. The van der Waals surface area contributed by atoms with Gasteiger partial charge in [-0.1, -0.05) is 164 Å². The summed E-state index contributed by atoms with van der Waals surface area (Å²) in [7, 11) is 0. The van der Waals surface area contributed by atoms with E-state index in [4.69, 9.17) is 0 Å². The van der Waals surface area contributed by atoms with E-state index in [1.54, 1.807) is 0 Å². The number of hydrogen-bond donors (Lipinski definition) is 0. The van der Waals surface area contributed by atoms with Gasteiger partial charge in [0, 0.05) is 0 Å². The molecule has 0 aliphatic carbocycles. The van der Waals surface area contributed by atoms with Crippen LogP contribution < -0.4 is 0 Å². The van der Waals surface area contributed by atoms with Crippen LogP contribution in [0, 0.1) is 0 Å². The zero-order valence-corrected chi connectivity index (χ0v) is 26.3. The van der Waals surface area contributed by atoms with Gasteiger partial charge in [0.25, 0.3) is 0 Å². The Kier molecular flexibility index (Phi) is 5.98. The zero-order valence-electron chi connectivity index (χ0n) is 26.3. The Morgan fingerprint density at radius 2 is 0.667 bits per heavy atom. The number of hydrogen-bond acceptors (Lipinski definition) is 0. The predicted octanol–water partition coefficient (Wildman–Crippen LogP) is 13.6. The van der Waals surface area contributed by atoms with Gasteiger partial charge in [0.2, 0.25) is 0 Å². The first-order valence-corrected chi connectivity index (χ1v) is 16.7. The molecule has 0 N–H and O–H groups in total. The van der Waals surface area contributed by atoms with Crippen LogP contribution in [-0.2, 0) is 0 Å². The summed E-state index contributed by atoms with van der Waals surface area (Å²) in [6.45, 7) is 0. The molecule has 0 amide bonds. The average molecular weight is 607 g/mol. The van der Waals surface area contributed by atoms with E-state index >= 15 is 0 Å². The summed E-state index contributed by atoms with van der Waals surface area (Å²) in [6.07, 6.45) is 0. The Morgan fingerprint density at radius 1 is 0.208 bits per heavy atom. The summed E-state index contributed by atoms with van der Waals surface area (Å²) in [5, 5.41) is 12.9. The standard InChI is InChI=1S/C48H30/c1-2-10-35-28-37(19-18-31(35)8-1)36-12-5-13-38(29-36)43-24-20-33-23-27-46-44(25-21-34-22-26-45(43)47(33)48(34)46)40-15-6-14-39(30-40)42-17-7-11-32-9-3-4-16-41(32)42/h1-30H. The van der Waals surface area contributed by atoms with E-state index in [9.17, 15) is 0 Å². The molecule has 0 saturated heterocycles. The SMILES string of the molecule is c1cc(-c2ccc3ccccc3c2)cc(-c2ccc3ccc4c(-c5cccc(-c6cccc7ccccc67)c5)ccc5ccc2c3c54)c1. The van der Waals surface area contributed by atoms with Crippen molar-refractivity contribution in [2.75, 3.05) is 0 Å². The van der Waals surface area contributed by atoms with Gasteiger partial charge in [0.15, 0.2) is 0 Å². The smallest absolute Gasteiger partial charge is 0.00203 e. The highest BCUT2D eigenvalue weighted by Crippen LogP contribution is 2.43. The lowest BCUT2D eigenvalue weighted by molar-refractivity contribution is 1.62. The van der Waals surface area contributed by atoms with Crippen molar-refractivity contribution in [3.05, 3.63) is 182 Å². The maximum atomic E-state index is 2.36. The van der Waals surface area contributed by atoms with Crippen molar-refractivity contribution < 1.29 is 0 Å². The molecule has 0 atom stereocenters. The van der Waals surface area contributed by atoms with Crippen molar-refractivity contribution >= 4 is 53.9 Å². The van der Waals surface area contributed by atoms with E-state index in [0.717, 1.165) is 0 Å². The summed E-state index contributed by atoms with van der Waals surface area (Å²) in [5.74, 6) is 0. The molecule has 10 aromatic carbocycles. The van der Waals surface area contributed by atoms with Gasteiger partial charge in [-0.3, -0.25) is 0 Å². The molecule has 0 spiro atoms. The third-order valence-corrected chi connectivity index (χ3v) is 10.2. The van der Waals surface area contributed by atoms with Gasteiger partial charge in [0.05, 0.1) is 0 Å². The van der Waals surface area contributed by atoms with Gasteiger partial charge in [-0.05, 0) is 117 Å². The minimum atomic E-state index is 1.23. The first-order chi connectivity index (χ1) is 23.8. The second-order valence-electron chi connectivity index (χ2n) is 12.9. The van der Waals surface area contributed by atoms with Crippen LogP contribution in [0.1, 0.15) is 0 Å². The average Bonchev–Trinajstić information content (AvgIpc) is 3.16. The Bertz CT molecular complexity index is 2830. The predicted molar refractivity (Wildman–Crippen MR) is 207 cm³/mol. The van der Waals surface area contributed by atoms with E-state index in [-0.39, 0.29) is 0 Å². The van der Waals surface area contributed by atoms with Crippen LogP contribution in [0.25, 0.3) is 98.4 Å². The van der Waals surface area contributed by atoms with Crippen molar-refractivity contribution in [3.63, 3.8) is 0 Å². The van der Waals surface area contributed by atoms with E-state index < -0.39 is 0 Å². The Balaban J connectivity index is 1.13. The van der Waals surface area contributed by atoms with Gasteiger partial charge in [0.1, 0.15) is 0 Å². The topological polar surface area (TPSA) is 0 Å². The van der Waals surface area contributed by atoms with Crippen LogP contribution in [0.2, 0.25) is 0 Å². The second kappa shape index (κ2) is 10.7. The number of benzene rings is 10. The van der Waals surface area contributed by atoms with E-state index in [2.05, 4.69) is 182 Å². The van der Waals surface area contributed by atoms with Crippen LogP contribution in [0.4, 0.5) is 0 Å². The largest absolute Gasteiger partial charge is 0.0616 e. The summed E-state index contributed by atoms with van der Waals surface area (Å²) in [6, 6.07) is 67.1. The maximum Gasteiger partial charge on any atom is -0.00203 e. The van der Waals surface area contributed by atoms with Crippen LogP contribution in [0.3, 0.4) is 0 Å². The Labute approximate surface area is 279 Å². The van der Waals surface area contributed by atoms with Crippen LogP contribution in [-0.4, -0.2) is 0 Å². The van der Waals surface area contributed by atoms with Crippen molar-refractivity contribution in [3.8, 4) is 44.5 Å². The van der Waals surface area contributed by atoms with Crippen LogP contribution >= 0.6 is 0 Å². The fourth-order valence-electron chi connectivity index (χ4n) is 7.87. The molecular weight excluding hydrogens is 577 g/mol. The number of rotatable bonds is 4. The lowest BCUT2D eigenvalue weighted by Crippen LogP contribution is -1.90. The summed E-state index contributed by atoms with van der Waals surface area (Å²) < 4.78 is 0. The first-order valence-electron chi connectivity index (χ1n) is 16.7. The molecule has 0 heterocycles. The molecule has 0 aliphatic heterocycles. The summed E-state index contributed by atoms with van der Waals surface area (Å²) in [5.41, 5.74) is 9.99. The molecule has 0 bridgehead atoms. The molecule has 0 saturated carbocycles.